The number of hydrogen-bond acceptors (Lipinski definition) is 7. The lowest BCUT2D eigenvalue weighted by atomic mass is 10.1. The maximum atomic E-state index is 13.0. The molecule has 1 atom stereocenters. The van der Waals surface area contributed by atoms with Gasteiger partial charge in [-0.1, -0.05) is 6.07 Å². The fourth-order valence-corrected chi connectivity index (χ4v) is 5.68. The molecule has 1 unspecified atom stereocenters. The Hall–Kier alpha value is -2.72. The Morgan fingerprint density at radius 2 is 2.10 bits per heavy atom. The molecule has 2 aromatic heterocycles. The predicted octanol–water partition coefficient (Wildman–Crippen LogP) is 2.75. The van der Waals surface area contributed by atoms with E-state index in [2.05, 4.69) is 10.2 Å². The molecule has 5 rings (SSSR count). The van der Waals surface area contributed by atoms with E-state index in [9.17, 15) is 13.2 Å². The first-order valence-electron chi connectivity index (χ1n) is 9.67. The van der Waals surface area contributed by atoms with Crippen molar-refractivity contribution >= 4 is 33.0 Å². The molecule has 0 saturated carbocycles. The molecule has 2 aliphatic rings. The van der Waals surface area contributed by atoms with Crippen molar-refractivity contribution in [3.63, 3.8) is 0 Å². The van der Waals surface area contributed by atoms with Gasteiger partial charge in [-0.3, -0.25) is 9.10 Å². The number of likely N-dealkylation sites (tertiary alicyclic amines) is 1. The molecule has 156 valence electrons. The summed E-state index contributed by atoms with van der Waals surface area (Å²) in [6.07, 6.45) is 2.58. The molecule has 0 aliphatic carbocycles. The second-order valence-electron chi connectivity index (χ2n) is 7.59. The maximum Gasteiger partial charge on any atom is 0.257 e. The number of anilines is 1. The third kappa shape index (κ3) is 3.39. The van der Waals surface area contributed by atoms with Crippen LogP contribution < -0.4 is 4.31 Å². The van der Waals surface area contributed by atoms with E-state index < -0.39 is 10.0 Å². The van der Waals surface area contributed by atoms with Crippen molar-refractivity contribution in [1.29, 1.82) is 0 Å². The first kappa shape index (κ1) is 19.3. The zero-order valence-corrected chi connectivity index (χ0v) is 17.9. The maximum absolute atomic E-state index is 13.0. The number of benzene rings is 1. The minimum Gasteiger partial charge on any atom is -0.420 e. The van der Waals surface area contributed by atoms with E-state index in [-0.39, 0.29) is 11.8 Å². The van der Waals surface area contributed by atoms with Gasteiger partial charge in [0.15, 0.2) is 0 Å². The first-order valence-corrected chi connectivity index (χ1v) is 12.4. The van der Waals surface area contributed by atoms with Crippen molar-refractivity contribution in [2.75, 3.05) is 30.2 Å². The minimum absolute atomic E-state index is 0.0188. The van der Waals surface area contributed by atoms with E-state index in [1.165, 1.54) is 10.6 Å². The van der Waals surface area contributed by atoms with Crippen LogP contribution in [-0.2, 0) is 16.4 Å². The smallest absolute Gasteiger partial charge is 0.257 e. The average molecular weight is 445 g/mol. The Balaban J connectivity index is 1.30. The van der Waals surface area contributed by atoms with Gasteiger partial charge in [0.25, 0.3) is 11.8 Å². The van der Waals surface area contributed by atoms with Gasteiger partial charge in [0, 0.05) is 25.2 Å². The van der Waals surface area contributed by atoms with Crippen molar-refractivity contribution in [1.82, 2.24) is 15.1 Å². The summed E-state index contributed by atoms with van der Waals surface area (Å²) in [5, 5.41) is 10.3. The molecule has 1 fully saturated rings. The number of sulfonamides is 1. The number of thiophene rings is 1. The van der Waals surface area contributed by atoms with Crippen LogP contribution in [0.3, 0.4) is 0 Å². The van der Waals surface area contributed by atoms with Gasteiger partial charge in [-0.2, -0.15) is 0 Å². The van der Waals surface area contributed by atoms with Gasteiger partial charge in [0.2, 0.25) is 15.9 Å². The molecule has 0 N–H and O–H groups in total. The molecule has 3 aromatic rings. The van der Waals surface area contributed by atoms with E-state index in [4.69, 9.17) is 4.42 Å². The molecule has 0 radical (unpaired) electrons. The summed E-state index contributed by atoms with van der Waals surface area (Å²) >= 11 is 1.54. The van der Waals surface area contributed by atoms with E-state index in [0.717, 1.165) is 16.9 Å². The van der Waals surface area contributed by atoms with Gasteiger partial charge in [-0.05, 0) is 48.1 Å². The van der Waals surface area contributed by atoms with Crippen LogP contribution in [0.4, 0.5) is 5.69 Å². The Morgan fingerprint density at radius 3 is 2.87 bits per heavy atom. The molecular weight excluding hydrogens is 424 g/mol. The van der Waals surface area contributed by atoms with E-state index in [0.29, 0.717) is 49.1 Å². The van der Waals surface area contributed by atoms with Gasteiger partial charge < -0.3 is 9.32 Å². The predicted molar refractivity (Wildman–Crippen MR) is 113 cm³/mol. The van der Waals surface area contributed by atoms with Crippen LogP contribution in [0.25, 0.3) is 10.8 Å². The monoisotopic (exact) mass is 444 g/mol. The van der Waals surface area contributed by atoms with Crippen molar-refractivity contribution < 1.29 is 17.6 Å². The Kier molecular flexibility index (Phi) is 4.62. The molecule has 10 heteroatoms. The van der Waals surface area contributed by atoms with Crippen LogP contribution in [0.15, 0.2) is 40.1 Å². The van der Waals surface area contributed by atoms with Gasteiger partial charge in [-0.15, -0.1) is 21.5 Å². The molecule has 4 heterocycles. The van der Waals surface area contributed by atoms with Crippen molar-refractivity contribution in [2.45, 2.75) is 18.8 Å². The summed E-state index contributed by atoms with van der Waals surface area (Å²) in [5.74, 6) is 1.03. The summed E-state index contributed by atoms with van der Waals surface area (Å²) < 4.78 is 31.0. The number of aromatic nitrogens is 2. The summed E-state index contributed by atoms with van der Waals surface area (Å²) in [6, 6.07) is 9.13. The number of nitrogens with zero attached hydrogens (tertiary/aromatic N) is 4. The lowest BCUT2D eigenvalue weighted by molar-refractivity contribution is 0.0790. The van der Waals surface area contributed by atoms with Crippen LogP contribution in [0.5, 0.6) is 0 Å². The zero-order chi connectivity index (χ0) is 20.9. The standard InChI is InChI=1S/C20H20N4O4S2/c1-30(26,27)24-9-7-13-11-14(4-5-16(13)24)20(25)23-8-6-15(12-23)18-21-22-19(28-18)17-3-2-10-29-17/h2-5,10-11,15H,6-9,12H2,1H3. The highest BCUT2D eigenvalue weighted by atomic mass is 32.2. The largest absolute Gasteiger partial charge is 0.420 e. The second-order valence-corrected chi connectivity index (χ2v) is 10.4. The first-order chi connectivity index (χ1) is 14.4. The Bertz CT molecular complexity index is 1200. The summed E-state index contributed by atoms with van der Waals surface area (Å²) in [4.78, 5) is 15.8. The van der Waals surface area contributed by atoms with E-state index in [1.807, 2.05) is 23.6 Å². The number of rotatable bonds is 4. The number of carbonyl (C=O) groups is 1. The van der Waals surface area contributed by atoms with E-state index >= 15 is 0 Å². The Morgan fingerprint density at radius 1 is 1.23 bits per heavy atom. The lowest BCUT2D eigenvalue weighted by Gasteiger charge is -2.18. The fraction of sp³-hybridized carbons (Fsp3) is 0.350. The summed E-state index contributed by atoms with van der Waals surface area (Å²) in [5.41, 5.74) is 2.13. The van der Waals surface area contributed by atoms with Crippen LogP contribution in [-0.4, -0.2) is 55.3 Å². The molecule has 1 amide bonds. The SMILES string of the molecule is CS(=O)(=O)N1CCc2cc(C(=O)N3CCC(c4nnc(-c5cccs5)o4)C3)ccc21. The van der Waals surface area contributed by atoms with Crippen LogP contribution in [0.1, 0.15) is 34.2 Å². The highest BCUT2D eigenvalue weighted by molar-refractivity contribution is 7.92. The van der Waals surface area contributed by atoms with Crippen LogP contribution in [0, 0.1) is 0 Å². The molecule has 8 nitrogen and oxygen atoms in total. The lowest BCUT2D eigenvalue weighted by Crippen LogP contribution is -2.29. The molecule has 0 bridgehead atoms. The number of carbonyl (C=O) groups excluding carboxylic acids is 1. The summed E-state index contributed by atoms with van der Waals surface area (Å²) in [6.45, 7) is 1.56. The van der Waals surface area contributed by atoms with Crippen molar-refractivity contribution in [2.24, 2.45) is 0 Å². The van der Waals surface area contributed by atoms with Gasteiger partial charge in [-0.25, -0.2) is 8.42 Å². The van der Waals surface area contributed by atoms with Gasteiger partial charge >= 0.3 is 0 Å². The number of fused-ring (bicyclic) bond motifs is 1. The highest BCUT2D eigenvalue weighted by Gasteiger charge is 2.33. The Labute approximate surface area is 178 Å². The van der Waals surface area contributed by atoms with Crippen LogP contribution >= 0.6 is 11.3 Å². The van der Waals surface area contributed by atoms with Gasteiger partial charge in [0.05, 0.1) is 22.7 Å². The quantitative estimate of drug-likeness (QED) is 0.614. The number of hydrogen-bond donors (Lipinski definition) is 0. The fourth-order valence-electron chi connectivity index (χ4n) is 4.08. The molecule has 0 spiro atoms. The third-order valence-electron chi connectivity index (χ3n) is 5.58. The molecule has 1 saturated heterocycles. The van der Waals surface area contributed by atoms with Gasteiger partial charge in [0.1, 0.15) is 0 Å². The molecule has 1 aromatic carbocycles. The second kappa shape index (κ2) is 7.21. The normalized spacial score (nSPS) is 18.8. The molecular formula is C20H20N4O4S2. The van der Waals surface area contributed by atoms with E-state index in [1.54, 1.807) is 28.4 Å². The van der Waals surface area contributed by atoms with Crippen molar-refractivity contribution in [3.05, 3.63) is 52.7 Å². The van der Waals surface area contributed by atoms with Crippen molar-refractivity contribution in [3.8, 4) is 10.8 Å². The third-order valence-corrected chi connectivity index (χ3v) is 7.61. The average Bonchev–Trinajstić information content (AvgIpc) is 3.51. The van der Waals surface area contributed by atoms with Crippen LogP contribution in [0.2, 0.25) is 0 Å². The minimum atomic E-state index is -3.30. The highest BCUT2D eigenvalue weighted by Crippen LogP contribution is 2.33. The molecule has 2 aliphatic heterocycles. The topological polar surface area (TPSA) is 96.6 Å². The number of amides is 1. The zero-order valence-electron chi connectivity index (χ0n) is 16.3. The molecule has 30 heavy (non-hydrogen) atoms. The summed E-state index contributed by atoms with van der Waals surface area (Å²) in [7, 11) is -3.30.